The van der Waals surface area contributed by atoms with Crippen molar-refractivity contribution in [2.75, 3.05) is 19.6 Å². The van der Waals surface area contributed by atoms with E-state index in [9.17, 15) is 14.3 Å². The lowest BCUT2D eigenvalue weighted by molar-refractivity contribution is -0.123. The number of phenolic OH excluding ortho intramolecular Hbond substituents is 1. The van der Waals surface area contributed by atoms with E-state index in [1.54, 1.807) is 6.07 Å². The van der Waals surface area contributed by atoms with Crippen molar-refractivity contribution in [1.82, 2.24) is 10.2 Å². The number of benzene rings is 1. The van der Waals surface area contributed by atoms with Crippen molar-refractivity contribution in [2.45, 2.75) is 45.6 Å². The number of piperidine rings is 1. The molecular weight excluding hydrogens is 295 g/mol. The van der Waals surface area contributed by atoms with E-state index in [0.29, 0.717) is 17.9 Å². The number of hydrogen-bond acceptors (Lipinski definition) is 3. The van der Waals surface area contributed by atoms with Gasteiger partial charge in [-0.2, -0.15) is 0 Å². The molecule has 1 heterocycles. The molecule has 1 aliphatic heterocycles. The average Bonchev–Trinajstić information content (AvgIpc) is 2.52. The number of carbonyl (C=O) groups excluding carboxylic acids is 1. The summed E-state index contributed by atoms with van der Waals surface area (Å²) in [5, 5.41) is 12.1. The molecule has 0 spiro atoms. The van der Waals surface area contributed by atoms with Crippen molar-refractivity contribution in [3.8, 4) is 5.75 Å². The first-order valence-corrected chi connectivity index (χ1v) is 8.49. The molecule has 5 heteroatoms. The van der Waals surface area contributed by atoms with E-state index in [1.807, 2.05) is 6.92 Å². The molecule has 0 unspecified atom stereocenters. The van der Waals surface area contributed by atoms with Crippen LogP contribution in [-0.4, -0.2) is 35.5 Å². The maximum Gasteiger partial charge on any atom is 0.220 e. The fourth-order valence-electron chi connectivity index (χ4n) is 3.17. The molecule has 1 aromatic carbocycles. The Morgan fingerprint density at radius 1 is 1.43 bits per heavy atom. The van der Waals surface area contributed by atoms with Crippen LogP contribution in [0, 0.1) is 11.7 Å². The number of halogens is 1. The van der Waals surface area contributed by atoms with Crippen molar-refractivity contribution in [1.29, 1.82) is 0 Å². The molecular formula is C18H27FN2O2. The van der Waals surface area contributed by atoms with Gasteiger partial charge in [0.1, 0.15) is 0 Å². The normalized spacial score (nSPS) is 17.9. The van der Waals surface area contributed by atoms with E-state index in [4.69, 9.17) is 0 Å². The second kappa shape index (κ2) is 8.29. The first-order valence-electron chi connectivity index (χ1n) is 8.49. The Kier molecular flexibility index (Phi) is 6.39. The highest BCUT2D eigenvalue weighted by atomic mass is 19.1. The highest BCUT2D eigenvalue weighted by Gasteiger charge is 2.22. The Morgan fingerprint density at radius 2 is 2.13 bits per heavy atom. The third-order valence-electron chi connectivity index (χ3n) is 4.57. The summed E-state index contributed by atoms with van der Waals surface area (Å²) in [6.45, 7) is 7.30. The van der Waals surface area contributed by atoms with Crippen LogP contribution in [0.3, 0.4) is 0 Å². The number of likely N-dealkylation sites (tertiary alicyclic amines) is 1. The van der Waals surface area contributed by atoms with Gasteiger partial charge < -0.3 is 15.3 Å². The van der Waals surface area contributed by atoms with Crippen molar-refractivity contribution < 1.29 is 14.3 Å². The second-order valence-corrected chi connectivity index (χ2v) is 6.49. The summed E-state index contributed by atoms with van der Waals surface area (Å²) in [7, 11) is 0. The molecule has 0 radical (unpaired) electrons. The van der Waals surface area contributed by atoms with Gasteiger partial charge in [0.15, 0.2) is 11.6 Å². The first-order chi connectivity index (χ1) is 11.0. The number of nitrogens with one attached hydrogen (secondary N) is 1. The zero-order valence-corrected chi connectivity index (χ0v) is 14.0. The molecule has 2 N–H and O–H groups in total. The van der Waals surface area contributed by atoms with Crippen LogP contribution in [0.1, 0.15) is 51.1 Å². The van der Waals surface area contributed by atoms with E-state index in [0.717, 1.165) is 32.5 Å². The fourth-order valence-corrected chi connectivity index (χ4v) is 3.17. The lowest BCUT2D eigenvalue weighted by Crippen LogP contribution is -2.36. The summed E-state index contributed by atoms with van der Waals surface area (Å²) < 4.78 is 13.4. The molecule has 1 fully saturated rings. The molecule has 0 bridgehead atoms. The summed E-state index contributed by atoms with van der Waals surface area (Å²) in [5.41, 5.74) is 0.659. The minimum Gasteiger partial charge on any atom is -0.505 e. The topological polar surface area (TPSA) is 52.6 Å². The van der Waals surface area contributed by atoms with Gasteiger partial charge in [0.2, 0.25) is 5.91 Å². The summed E-state index contributed by atoms with van der Waals surface area (Å²) in [6, 6.07) is 3.95. The van der Waals surface area contributed by atoms with Gasteiger partial charge in [0.05, 0.1) is 6.04 Å². The number of hydrogen-bond donors (Lipinski definition) is 2. The molecule has 128 valence electrons. The summed E-state index contributed by atoms with van der Waals surface area (Å²) >= 11 is 0. The van der Waals surface area contributed by atoms with Crippen LogP contribution in [0.25, 0.3) is 0 Å². The predicted octanol–water partition coefficient (Wildman–Crippen LogP) is 3.22. The quantitative estimate of drug-likeness (QED) is 0.845. The van der Waals surface area contributed by atoms with E-state index in [1.165, 1.54) is 18.6 Å². The summed E-state index contributed by atoms with van der Waals surface area (Å²) in [5.74, 6) is -0.579. The highest BCUT2D eigenvalue weighted by Crippen LogP contribution is 2.23. The molecule has 4 nitrogen and oxygen atoms in total. The Balaban J connectivity index is 1.79. The molecule has 0 saturated carbocycles. The molecule has 1 atom stereocenters. The van der Waals surface area contributed by atoms with Gasteiger partial charge in [0.25, 0.3) is 0 Å². The Morgan fingerprint density at radius 3 is 2.74 bits per heavy atom. The molecule has 1 aromatic rings. The summed E-state index contributed by atoms with van der Waals surface area (Å²) in [4.78, 5) is 14.6. The van der Waals surface area contributed by atoms with E-state index >= 15 is 0 Å². The zero-order chi connectivity index (χ0) is 16.8. The Labute approximate surface area is 137 Å². The highest BCUT2D eigenvalue weighted by molar-refractivity contribution is 5.76. The van der Waals surface area contributed by atoms with Gasteiger partial charge in [-0.3, -0.25) is 4.79 Å². The van der Waals surface area contributed by atoms with Gasteiger partial charge in [-0.05, 0) is 69.4 Å². The van der Waals surface area contributed by atoms with Crippen LogP contribution in [0.4, 0.5) is 4.39 Å². The van der Waals surface area contributed by atoms with Crippen LogP contribution in [0.15, 0.2) is 18.2 Å². The van der Waals surface area contributed by atoms with Crippen LogP contribution >= 0.6 is 0 Å². The third-order valence-corrected chi connectivity index (χ3v) is 4.57. The van der Waals surface area contributed by atoms with Gasteiger partial charge in [-0.1, -0.05) is 13.0 Å². The largest absolute Gasteiger partial charge is 0.505 e. The second-order valence-electron chi connectivity index (χ2n) is 6.49. The SMILES string of the molecule is CCCN1CCC(CC(=O)N[C@@H](C)c2ccc(O)c(F)c2)CC1. The number of aromatic hydroxyl groups is 1. The molecule has 1 saturated heterocycles. The molecule has 1 amide bonds. The Hall–Kier alpha value is -1.62. The molecule has 0 aromatic heterocycles. The summed E-state index contributed by atoms with van der Waals surface area (Å²) in [6.07, 6.45) is 3.84. The molecule has 23 heavy (non-hydrogen) atoms. The molecule has 2 rings (SSSR count). The van der Waals surface area contributed by atoms with E-state index in [-0.39, 0.29) is 17.7 Å². The molecule has 1 aliphatic rings. The van der Waals surface area contributed by atoms with Crippen LogP contribution < -0.4 is 5.32 Å². The number of amides is 1. The lowest BCUT2D eigenvalue weighted by atomic mass is 9.93. The number of phenols is 1. The van der Waals surface area contributed by atoms with Gasteiger partial charge >= 0.3 is 0 Å². The van der Waals surface area contributed by atoms with Crippen molar-refractivity contribution in [3.63, 3.8) is 0 Å². The maximum atomic E-state index is 13.4. The smallest absolute Gasteiger partial charge is 0.220 e. The van der Waals surface area contributed by atoms with Crippen LogP contribution in [0.5, 0.6) is 5.75 Å². The monoisotopic (exact) mass is 322 g/mol. The van der Waals surface area contributed by atoms with Crippen LogP contribution in [-0.2, 0) is 4.79 Å². The van der Waals surface area contributed by atoms with E-state index < -0.39 is 5.82 Å². The lowest BCUT2D eigenvalue weighted by Gasteiger charge is -2.31. The fraction of sp³-hybridized carbons (Fsp3) is 0.611. The Bertz CT molecular complexity index is 528. The van der Waals surface area contributed by atoms with Gasteiger partial charge in [-0.25, -0.2) is 4.39 Å². The minimum absolute atomic E-state index is 0.0138. The van der Waals surface area contributed by atoms with E-state index in [2.05, 4.69) is 17.1 Å². The predicted molar refractivity (Wildman–Crippen MR) is 88.7 cm³/mol. The third kappa shape index (κ3) is 5.20. The first kappa shape index (κ1) is 17.7. The number of carbonyl (C=O) groups is 1. The number of rotatable bonds is 6. The van der Waals surface area contributed by atoms with Gasteiger partial charge in [-0.15, -0.1) is 0 Å². The van der Waals surface area contributed by atoms with Crippen molar-refractivity contribution in [3.05, 3.63) is 29.6 Å². The van der Waals surface area contributed by atoms with Crippen LogP contribution in [0.2, 0.25) is 0 Å². The maximum absolute atomic E-state index is 13.4. The van der Waals surface area contributed by atoms with Crippen molar-refractivity contribution >= 4 is 5.91 Å². The standard InChI is InChI=1S/C18H27FN2O2/c1-3-8-21-9-6-14(7-10-21)11-18(23)20-13(2)15-4-5-17(22)16(19)12-15/h4-5,12-14,22H,3,6-11H2,1-2H3,(H,20,23)/t13-/m0/s1. The minimum atomic E-state index is -0.660. The van der Waals surface area contributed by atoms with Crippen molar-refractivity contribution in [2.24, 2.45) is 5.92 Å². The average molecular weight is 322 g/mol. The zero-order valence-electron chi connectivity index (χ0n) is 14.0. The molecule has 0 aliphatic carbocycles. The van der Waals surface area contributed by atoms with Gasteiger partial charge in [0, 0.05) is 6.42 Å². The number of nitrogens with zero attached hydrogens (tertiary/aromatic N) is 1.